The van der Waals surface area contributed by atoms with Gasteiger partial charge in [-0.1, -0.05) is 48.9 Å². The molecule has 0 unspecified atom stereocenters. The van der Waals surface area contributed by atoms with Crippen molar-refractivity contribution in [3.63, 3.8) is 0 Å². The van der Waals surface area contributed by atoms with Crippen molar-refractivity contribution in [2.75, 3.05) is 0 Å². The van der Waals surface area contributed by atoms with Crippen LogP contribution < -0.4 is 0 Å². The van der Waals surface area contributed by atoms with E-state index in [1.165, 1.54) is 39.3 Å². The molecule has 18 heavy (non-hydrogen) atoms. The van der Waals surface area contributed by atoms with Gasteiger partial charge in [-0.2, -0.15) is 0 Å². The van der Waals surface area contributed by atoms with Crippen LogP contribution in [-0.2, 0) is 6.42 Å². The third kappa shape index (κ3) is 3.39. The van der Waals surface area contributed by atoms with Gasteiger partial charge >= 0.3 is 0 Å². The van der Waals surface area contributed by atoms with Crippen molar-refractivity contribution in [2.45, 2.75) is 43.4 Å². The van der Waals surface area contributed by atoms with Crippen LogP contribution in [0, 0.1) is 13.8 Å². The van der Waals surface area contributed by atoms with Crippen LogP contribution in [0.1, 0.15) is 30.0 Å². The van der Waals surface area contributed by atoms with E-state index in [-0.39, 0.29) is 0 Å². The van der Waals surface area contributed by atoms with Crippen LogP contribution in [0.3, 0.4) is 0 Å². The lowest BCUT2D eigenvalue weighted by atomic mass is 10.1. The van der Waals surface area contributed by atoms with E-state index >= 15 is 0 Å². The fraction of sp³-hybridized carbons (Fsp3) is 0.294. The van der Waals surface area contributed by atoms with E-state index in [4.69, 9.17) is 0 Å². The standard InChI is InChI=1S/C17H20S/c1-4-6-15-9-10-17(12-14(15)3)18-16-8-5-7-13(2)11-16/h5,7-12H,4,6H2,1-3H3. The minimum atomic E-state index is 1.18. The lowest BCUT2D eigenvalue weighted by molar-refractivity contribution is 0.910. The summed E-state index contributed by atoms with van der Waals surface area (Å²) in [5.41, 5.74) is 4.21. The maximum atomic E-state index is 2.30. The van der Waals surface area contributed by atoms with Crippen molar-refractivity contribution in [3.05, 3.63) is 59.2 Å². The highest BCUT2D eigenvalue weighted by Crippen LogP contribution is 2.29. The zero-order chi connectivity index (χ0) is 13.0. The maximum absolute atomic E-state index is 2.30. The quantitative estimate of drug-likeness (QED) is 0.705. The Kier molecular flexibility index (Phi) is 4.48. The summed E-state index contributed by atoms with van der Waals surface area (Å²) < 4.78 is 0. The summed E-state index contributed by atoms with van der Waals surface area (Å²) in [7, 11) is 0. The van der Waals surface area contributed by atoms with E-state index in [1.807, 2.05) is 11.8 Å². The molecule has 0 aliphatic heterocycles. The monoisotopic (exact) mass is 256 g/mol. The minimum absolute atomic E-state index is 1.18. The Morgan fingerprint density at radius 2 is 1.72 bits per heavy atom. The Labute approximate surface area is 114 Å². The molecule has 0 aromatic heterocycles. The van der Waals surface area contributed by atoms with Crippen molar-refractivity contribution in [1.29, 1.82) is 0 Å². The van der Waals surface area contributed by atoms with Crippen LogP contribution in [-0.4, -0.2) is 0 Å². The van der Waals surface area contributed by atoms with Crippen molar-refractivity contribution < 1.29 is 0 Å². The minimum Gasteiger partial charge on any atom is -0.0901 e. The molecule has 0 saturated heterocycles. The smallest absolute Gasteiger partial charge is 0.0125 e. The second-order valence-electron chi connectivity index (χ2n) is 4.76. The molecule has 0 bridgehead atoms. The molecular weight excluding hydrogens is 236 g/mol. The van der Waals surface area contributed by atoms with Crippen LogP contribution in [0.15, 0.2) is 52.3 Å². The van der Waals surface area contributed by atoms with E-state index in [0.717, 1.165) is 0 Å². The van der Waals surface area contributed by atoms with Crippen LogP contribution in [0.5, 0.6) is 0 Å². The number of aryl methyl sites for hydroxylation is 3. The molecule has 94 valence electrons. The van der Waals surface area contributed by atoms with E-state index in [0.29, 0.717) is 0 Å². The van der Waals surface area contributed by atoms with Gasteiger partial charge in [-0.25, -0.2) is 0 Å². The fourth-order valence-electron chi connectivity index (χ4n) is 2.10. The first kappa shape index (κ1) is 13.2. The van der Waals surface area contributed by atoms with Gasteiger partial charge in [0.2, 0.25) is 0 Å². The van der Waals surface area contributed by atoms with Crippen molar-refractivity contribution in [1.82, 2.24) is 0 Å². The molecule has 2 aromatic carbocycles. The van der Waals surface area contributed by atoms with Crippen molar-refractivity contribution >= 4 is 11.8 Å². The molecule has 0 atom stereocenters. The van der Waals surface area contributed by atoms with Crippen molar-refractivity contribution in [3.8, 4) is 0 Å². The van der Waals surface area contributed by atoms with E-state index in [2.05, 4.69) is 63.2 Å². The number of hydrogen-bond donors (Lipinski definition) is 0. The van der Waals surface area contributed by atoms with Gasteiger partial charge in [0.1, 0.15) is 0 Å². The molecule has 0 N–H and O–H groups in total. The largest absolute Gasteiger partial charge is 0.0901 e. The third-order valence-electron chi connectivity index (χ3n) is 3.06. The Bertz CT molecular complexity index is 529. The summed E-state index contributed by atoms with van der Waals surface area (Å²) in [4.78, 5) is 2.65. The molecule has 1 heteroatoms. The summed E-state index contributed by atoms with van der Waals surface area (Å²) in [5.74, 6) is 0. The summed E-state index contributed by atoms with van der Waals surface area (Å²) in [6, 6.07) is 15.5. The zero-order valence-electron chi connectivity index (χ0n) is 11.4. The van der Waals surface area contributed by atoms with Gasteiger partial charge in [-0.3, -0.25) is 0 Å². The molecule has 2 aromatic rings. The highest BCUT2D eigenvalue weighted by Gasteiger charge is 2.01. The summed E-state index contributed by atoms with van der Waals surface area (Å²) >= 11 is 1.84. The highest BCUT2D eigenvalue weighted by atomic mass is 32.2. The predicted octanol–water partition coefficient (Wildman–Crippen LogP) is 5.41. The second kappa shape index (κ2) is 6.10. The third-order valence-corrected chi connectivity index (χ3v) is 4.04. The fourth-order valence-corrected chi connectivity index (χ4v) is 3.13. The van der Waals surface area contributed by atoms with Crippen LogP contribution >= 0.6 is 11.8 Å². The SMILES string of the molecule is CCCc1ccc(Sc2cccc(C)c2)cc1C. The highest BCUT2D eigenvalue weighted by molar-refractivity contribution is 7.99. The van der Waals surface area contributed by atoms with E-state index < -0.39 is 0 Å². The number of rotatable bonds is 4. The predicted molar refractivity (Wildman–Crippen MR) is 80.5 cm³/mol. The Morgan fingerprint density at radius 1 is 0.944 bits per heavy atom. The topological polar surface area (TPSA) is 0 Å². The second-order valence-corrected chi connectivity index (χ2v) is 5.90. The summed E-state index contributed by atoms with van der Waals surface area (Å²) in [5, 5.41) is 0. The average molecular weight is 256 g/mol. The van der Waals surface area contributed by atoms with Gasteiger partial charge in [0.25, 0.3) is 0 Å². The number of hydrogen-bond acceptors (Lipinski definition) is 1. The summed E-state index contributed by atoms with van der Waals surface area (Å²) in [6.45, 7) is 6.58. The molecule has 0 spiro atoms. The van der Waals surface area contributed by atoms with E-state index in [1.54, 1.807) is 0 Å². The van der Waals surface area contributed by atoms with E-state index in [9.17, 15) is 0 Å². The molecule has 0 heterocycles. The molecular formula is C17H20S. The normalized spacial score (nSPS) is 10.6. The Balaban J connectivity index is 2.17. The van der Waals surface area contributed by atoms with Crippen LogP contribution in [0.4, 0.5) is 0 Å². The molecule has 2 rings (SSSR count). The molecule has 0 amide bonds. The molecule has 0 fully saturated rings. The lowest BCUT2D eigenvalue weighted by Crippen LogP contribution is -1.88. The molecule has 0 saturated carbocycles. The molecule has 0 radical (unpaired) electrons. The van der Waals surface area contributed by atoms with Crippen molar-refractivity contribution in [2.24, 2.45) is 0 Å². The number of benzene rings is 2. The first-order valence-corrected chi connectivity index (χ1v) is 7.34. The zero-order valence-corrected chi connectivity index (χ0v) is 12.2. The average Bonchev–Trinajstić information content (AvgIpc) is 2.33. The molecule has 0 aliphatic rings. The van der Waals surface area contributed by atoms with Gasteiger partial charge in [-0.05, 0) is 55.7 Å². The van der Waals surface area contributed by atoms with Gasteiger partial charge in [0.05, 0.1) is 0 Å². The first-order chi connectivity index (χ1) is 8.69. The van der Waals surface area contributed by atoms with Gasteiger partial charge in [0.15, 0.2) is 0 Å². The Hall–Kier alpha value is -1.21. The van der Waals surface area contributed by atoms with Crippen LogP contribution in [0.25, 0.3) is 0 Å². The Morgan fingerprint density at radius 3 is 2.39 bits per heavy atom. The first-order valence-electron chi connectivity index (χ1n) is 6.53. The van der Waals surface area contributed by atoms with Gasteiger partial charge < -0.3 is 0 Å². The van der Waals surface area contributed by atoms with Gasteiger partial charge in [0, 0.05) is 9.79 Å². The summed E-state index contributed by atoms with van der Waals surface area (Å²) in [6.07, 6.45) is 2.40. The van der Waals surface area contributed by atoms with Gasteiger partial charge in [-0.15, -0.1) is 0 Å². The lowest BCUT2D eigenvalue weighted by Gasteiger charge is -2.08. The molecule has 0 nitrogen and oxygen atoms in total. The molecule has 0 aliphatic carbocycles. The maximum Gasteiger partial charge on any atom is 0.0125 e. The van der Waals surface area contributed by atoms with Crippen LogP contribution in [0.2, 0.25) is 0 Å².